The van der Waals surface area contributed by atoms with Gasteiger partial charge in [0.15, 0.2) is 0 Å². The molecule has 0 radical (unpaired) electrons. The molecule has 1 heterocycles. The minimum atomic E-state index is -4.59. The molecule has 0 bridgehead atoms. The highest BCUT2D eigenvalue weighted by molar-refractivity contribution is 7.89. The maximum atomic E-state index is 12.2. The van der Waals surface area contributed by atoms with E-state index in [0.29, 0.717) is 6.61 Å². The first kappa shape index (κ1) is 12.2. The summed E-state index contributed by atoms with van der Waals surface area (Å²) in [5, 5.41) is 0. The highest BCUT2D eigenvalue weighted by Gasteiger charge is 2.52. The van der Waals surface area contributed by atoms with Gasteiger partial charge in [-0.3, -0.25) is 0 Å². The summed E-state index contributed by atoms with van der Waals surface area (Å²) in [6.45, 7) is 0.529. The van der Waals surface area contributed by atoms with Crippen molar-refractivity contribution in [1.82, 2.24) is 4.72 Å². The lowest BCUT2D eigenvalue weighted by atomic mass is 9.69. The number of rotatable bonds is 3. The van der Waals surface area contributed by atoms with Gasteiger partial charge in [-0.05, 0) is 12.8 Å². The molecule has 8 heteroatoms. The minimum Gasteiger partial charge on any atom is -0.376 e. The topological polar surface area (TPSA) is 81.4 Å². The molecule has 1 aliphatic heterocycles. The third-order valence-electron chi connectivity index (χ3n) is 3.21. The molecule has 0 aromatic rings. The van der Waals surface area contributed by atoms with Gasteiger partial charge in [0.2, 0.25) is 0 Å². The molecule has 4 atom stereocenters. The Morgan fingerprint density at radius 1 is 1.44 bits per heavy atom. The lowest BCUT2D eigenvalue weighted by Crippen LogP contribution is -2.72. The van der Waals surface area contributed by atoms with Crippen LogP contribution in [0.2, 0.25) is 0 Å². The molecule has 2 fully saturated rings. The molecule has 1 saturated heterocycles. The third-order valence-corrected chi connectivity index (χ3v) is 4.28. The van der Waals surface area contributed by atoms with Gasteiger partial charge < -0.3 is 10.5 Å². The van der Waals surface area contributed by atoms with E-state index >= 15 is 0 Å². The molecular formula is C8H14F2N2O3S. The molecule has 3 N–H and O–H groups in total. The average Bonchev–Trinajstić information content (AvgIpc) is 2.25. The number of sulfonamides is 1. The highest BCUT2D eigenvalue weighted by atomic mass is 32.2. The zero-order valence-corrected chi connectivity index (χ0v) is 9.29. The Morgan fingerprint density at radius 2 is 2.12 bits per heavy atom. The maximum Gasteiger partial charge on any atom is 0.350 e. The van der Waals surface area contributed by atoms with E-state index in [1.54, 1.807) is 0 Å². The van der Waals surface area contributed by atoms with E-state index in [-0.39, 0.29) is 12.0 Å². The van der Waals surface area contributed by atoms with Crippen LogP contribution in [0, 0.1) is 5.92 Å². The summed E-state index contributed by atoms with van der Waals surface area (Å²) < 4.78 is 53.5. The van der Waals surface area contributed by atoms with Crippen molar-refractivity contribution in [3.63, 3.8) is 0 Å². The monoisotopic (exact) mass is 256 g/mol. The highest BCUT2D eigenvalue weighted by Crippen LogP contribution is 2.37. The zero-order valence-electron chi connectivity index (χ0n) is 8.47. The largest absolute Gasteiger partial charge is 0.376 e. The number of hydrogen-bond donors (Lipinski definition) is 2. The fraction of sp³-hybridized carbons (Fsp3) is 1.00. The second-order valence-electron chi connectivity index (χ2n) is 4.17. The summed E-state index contributed by atoms with van der Waals surface area (Å²) in [5.74, 6) is -3.35. The standard InChI is InChI=1S/C8H14F2N2O3S/c9-8(10)16(13,14)12-6-5(11)4-2-1-3-15-7(4)6/h4-8,12H,1-3,11H2. The average molecular weight is 256 g/mol. The molecule has 0 amide bonds. The predicted octanol–water partition coefficient (Wildman–Crippen LogP) is -0.367. The van der Waals surface area contributed by atoms with E-state index in [1.807, 2.05) is 4.72 Å². The Labute approximate surface area is 92.4 Å². The third kappa shape index (κ3) is 1.94. The fourth-order valence-electron chi connectivity index (χ4n) is 2.33. The number of hydrogen-bond acceptors (Lipinski definition) is 4. The van der Waals surface area contributed by atoms with E-state index in [4.69, 9.17) is 10.5 Å². The molecule has 0 aromatic carbocycles. The van der Waals surface area contributed by atoms with Crippen LogP contribution in [0.4, 0.5) is 8.78 Å². The van der Waals surface area contributed by atoms with Crippen LogP contribution in [0.5, 0.6) is 0 Å². The molecule has 94 valence electrons. The van der Waals surface area contributed by atoms with Gasteiger partial charge >= 0.3 is 5.76 Å². The van der Waals surface area contributed by atoms with Crippen molar-refractivity contribution in [3.05, 3.63) is 0 Å². The van der Waals surface area contributed by atoms with E-state index in [9.17, 15) is 17.2 Å². The molecule has 1 saturated carbocycles. The number of ether oxygens (including phenoxy) is 1. The molecule has 2 aliphatic rings. The van der Waals surface area contributed by atoms with Crippen molar-refractivity contribution in [2.75, 3.05) is 6.61 Å². The smallest absolute Gasteiger partial charge is 0.350 e. The summed E-state index contributed by atoms with van der Waals surface area (Å²) in [6.07, 6.45) is 1.39. The van der Waals surface area contributed by atoms with E-state index < -0.39 is 27.9 Å². The van der Waals surface area contributed by atoms with Crippen LogP contribution in [0.1, 0.15) is 12.8 Å². The first-order valence-electron chi connectivity index (χ1n) is 5.10. The Kier molecular flexibility index (Phi) is 3.17. The van der Waals surface area contributed by atoms with Gasteiger partial charge in [-0.2, -0.15) is 8.78 Å². The Morgan fingerprint density at radius 3 is 2.75 bits per heavy atom. The summed E-state index contributed by atoms with van der Waals surface area (Å²) in [5.41, 5.74) is 5.73. The summed E-state index contributed by atoms with van der Waals surface area (Å²) in [7, 11) is -4.59. The van der Waals surface area contributed by atoms with Gasteiger partial charge in [0, 0.05) is 18.6 Å². The Hall–Kier alpha value is -0.310. The molecule has 5 nitrogen and oxygen atoms in total. The Bertz CT molecular complexity index is 362. The summed E-state index contributed by atoms with van der Waals surface area (Å²) in [6, 6.07) is -1.15. The lowest BCUT2D eigenvalue weighted by Gasteiger charge is -2.52. The van der Waals surface area contributed by atoms with Crippen LogP contribution < -0.4 is 10.5 Å². The van der Waals surface area contributed by atoms with Crippen LogP contribution >= 0.6 is 0 Å². The van der Waals surface area contributed by atoms with Crippen molar-refractivity contribution in [1.29, 1.82) is 0 Å². The zero-order chi connectivity index (χ0) is 11.9. The summed E-state index contributed by atoms with van der Waals surface area (Å²) >= 11 is 0. The molecule has 1 aliphatic carbocycles. The number of halogens is 2. The van der Waals surface area contributed by atoms with Crippen molar-refractivity contribution >= 4 is 10.0 Å². The molecule has 16 heavy (non-hydrogen) atoms. The maximum absolute atomic E-state index is 12.2. The number of nitrogens with one attached hydrogen (secondary N) is 1. The van der Waals surface area contributed by atoms with E-state index in [0.717, 1.165) is 12.8 Å². The number of fused-ring (bicyclic) bond motifs is 1. The number of nitrogens with two attached hydrogens (primary N) is 1. The number of alkyl halides is 2. The lowest BCUT2D eigenvalue weighted by molar-refractivity contribution is -0.114. The molecule has 0 spiro atoms. The summed E-state index contributed by atoms with van der Waals surface area (Å²) in [4.78, 5) is 0. The van der Waals surface area contributed by atoms with Gasteiger partial charge in [0.25, 0.3) is 10.0 Å². The Balaban J connectivity index is 2.01. The van der Waals surface area contributed by atoms with Crippen molar-refractivity contribution in [3.8, 4) is 0 Å². The minimum absolute atomic E-state index is 0.0825. The second kappa shape index (κ2) is 4.17. The quantitative estimate of drug-likeness (QED) is 0.722. The van der Waals surface area contributed by atoms with Gasteiger partial charge in [-0.25, -0.2) is 13.1 Å². The van der Waals surface area contributed by atoms with Gasteiger partial charge in [-0.15, -0.1) is 0 Å². The first-order valence-corrected chi connectivity index (χ1v) is 6.64. The molecule has 0 aromatic heterocycles. The predicted molar refractivity (Wildman–Crippen MR) is 52.3 cm³/mol. The molecular weight excluding hydrogens is 242 g/mol. The van der Waals surface area contributed by atoms with E-state index in [2.05, 4.69) is 0 Å². The van der Waals surface area contributed by atoms with Crippen LogP contribution in [0.3, 0.4) is 0 Å². The molecule has 2 rings (SSSR count). The normalized spacial score (nSPS) is 39.2. The van der Waals surface area contributed by atoms with Gasteiger partial charge in [-0.1, -0.05) is 0 Å². The van der Waals surface area contributed by atoms with Crippen molar-refractivity contribution < 1.29 is 21.9 Å². The van der Waals surface area contributed by atoms with Crippen molar-refractivity contribution in [2.24, 2.45) is 11.7 Å². The van der Waals surface area contributed by atoms with Crippen LogP contribution in [0.15, 0.2) is 0 Å². The van der Waals surface area contributed by atoms with Crippen LogP contribution in [-0.2, 0) is 14.8 Å². The van der Waals surface area contributed by atoms with Crippen LogP contribution in [-0.4, -0.2) is 39.0 Å². The van der Waals surface area contributed by atoms with E-state index in [1.165, 1.54) is 0 Å². The van der Waals surface area contributed by atoms with Gasteiger partial charge in [0.05, 0.1) is 12.1 Å². The molecule has 4 unspecified atom stereocenters. The second-order valence-corrected chi connectivity index (χ2v) is 5.85. The first-order chi connectivity index (χ1) is 7.43. The fourth-order valence-corrected chi connectivity index (χ4v) is 3.11. The SMILES string of the molecule is NC1C2CCCOC2C1NS(=O)(=O)C(F)F. The van der Waals surface area contributed by atoms with Crippen LogP contribution in [0.25, 0.3) is 0 Å². The van der Waals surface area contributed by atoms with Crippen molar-refractivity contribution in [2.45, 2.75) is 36.8 Å². The van der Waals surface area contributed by atoms with Gasteiger partial charge in [0.1, 0.15) is 0 Å².